The normalized spacial score (nSPS) is 18.3. The topological polar surface area (TPSA) is 92.7 Å². The maximum atomic E-state index is 13.1. The summed E-state index contributed by atoms with van der Waals surface area (Å²) in [5, 5.41) is 9.32. The first-order valence-electron chi connectivity index (χ1n) is 6.40. The van der Waals surface area contributed by atoms with Gasteiger partial charge in [-0.15, -0.1) is 0 Å². The molecule has 0 aliphatic carbocycles. The molecule has 0 aromatic heterocycles. The summed E-state index contributed by atoms with van der Waals surface area (Å²) in [5.74, 6) is -2.24. The van der Waals surface area contributed by atoms with Crippen molar-refractivity contribution in [1.29, 1.82) is 0 Å². The van der Waals surface area contributed by atoms with E-state index in [2.05, 4.69) is 4.72 Å². The Kier molecular flexibility index (Phi) is 4.60. The van der Waals surface area contributed by atoms with Crippen molar-refractivity contribution in [2.45, 2.75) is 24.1 Å². The molecule has 1 heterocycles. The molecule has 0 spiro atoms. The molecule has 1 saturated heterocycles. The van der Waals surface area contributed by atoms with Gasteiger partial charge in [-0.05, 0) is 17.7 Å². The van der Waals surface area contributed by atoms with E-state index >= 15 is 0 Å². The summed E-state index contributed by atoms with van der Waals surface area (Å²) in [6, 6.07) is 5.19. The summed E-state index contributed by atoms with van der Waals surface area (Å²) in [6.07, 6.45) is 0.120. The van der Waals surface area contributed by atoms with E-state index in [1.165, 1.54) is 18.2 Å². The largest absolute Gasteiger partial charge is 0.480 e. The van der Waals surface area contributed by atoms with Gasteiger partial charge < -0.3 is 9.84 Å². The molecule has 1 aromatic rings. The highest BCUT2D eigenvalue weighted by atomic mass is 32.2. The smallest absolute Gasteiger partial charge is 0.325 e. The summed E-state index contributed by atoms with van der Waals surface area (Å²) in [5.41, 5.74) is -1.29. The monoisotopic (exact) mass is 317 g/mol. The number of carbonyl (C=O) groups is 1. The predicted molar refractivity (Wildman–Crippen MR) is 72.6 cm³/mol. The second-order valence-electron chi connectivity index (χ2n) is 4.99. The maximum Gasteiger partial charge on any atom is 0.325 e. The van der Waals surface area contributed by atoms with Crippen LogP contribution < -0.4 is 4.72 Å². The van der Waals surface area contributed by atoms with Crippen LogP contribution in [0.3, 0.4) is 0 Å². The Labute approximate surface area is 122 Å². The third-order valence-corrected chi connectivity index (χ3v) is 4.77. The van der Waals surface area contributed by atoms with E-state index in [4.69, 9.17) is 4.74 Å². The zero-order chi connectivity index (χ0) is 15.5. The summed E-state index contributed by atoms with van der Waals surface area (Å²) in [4.78, 5) is 11.4. The molecule has 8 heteroatoms. The number of sulfonamides is 1. The Bertz CT molecular complexity index is 625. The Morgan fingerprint density at radius 1 is 1.38 bits per heavy atom. The number of carboxylic acids is 1. The minimum absolute atomic E-state index is 0.0602. The average Bonchev–Trinajstić information content (AvgIpc) is 2.38. The Morgan fingerprint density at radius 3 is 2.62 bits per heavy atom. The molecule has 2 rings (SSSR count). The highest BCUT2D eigenvalue weighted by Gasteiger charge is 2.43. The SMILES string of the molecule is O=C(O)C1(NS(=O)(=O)Cc2cccc(F)c2)CCOCC1. The number of nitrogens with one attached hydrogen (secondary N) is 1. The molecule has 2 N–H and O–H groups in total. The minimum atomic E-state index is -3.91. The molecule has 0 saturated carbocycles. The van der Waals surface area contributed by atoms with E-state index in [0.717, 1.165) is 6.07 Å². The van der Waals surface area contributed by atoms with Gasteiger partial charge in [0.25, 0.3) is 0 Å². The lowest BCUT2D eigenvalue weighted by atomic mass is 9.92. The van der Waals surface area contributed by atoms with Gasteiger partial charge in [-0.2, -0.15) is 4.72 Å². The molecule has 0 bridgehead atoms. The van der Waals surface area contributed by atoms with E-state index < -0.39 is 33.1 Å². The number of halogens is 1. The quantitative estimate of drug-likeness (QED) is 0.841. The Balaban J connectivity index is 2.17. The summed E-state index contributed by atoms with van der Waals surface area (Å²) >= 11 is 0. The van der Waals surface area contributed by atoms with E-state index in [-0.39, 0.29) is 31.6 Å². The molecule has 116 valence electrons. The Hall–Kier alpha value is -1.51. The standard InChI is InChI=1S/C13H16FNO5S/c14-11-3-1-2-10(8-11)9-21(18,19)15-13(12(16)17)4-6-20-7-5-13/h1-3,8,15H,4-7,9H2,(H,16,17). The van der Waals surface area contributed by atoms with Crippen LogP contribution in [0.2, 0.25) is 0 Å². The molecule has 1 aliphatic heterocycles. The number of rotatable bonds is 5. The van der Waals surface area contributed by atoms with Crippen molar-refractivity contribution >= 4 is 16.0 Å². The first-order valence-corrected chi connectivity index (χ1v) is 8.05. The van der Waals surface area contributed by atoms with Crippen molar-refractivity contribution in [3.8, 4) is 0 Å². The van der Waals surface area contributed by atoms with Crippen molar-refractivity contribution in [1.82, 2.24) is 4.72 Å². The van der Waals surface area contributed by atoms with Crippen LogP contribution in [-0.4, -0.2) is 38.2 Å². The van der Waals surface area contributed by atoms with Gasteiger partial charge in [0.2, 0.25) is 10.0 Å². The third-order valence-electron chi connectivity index (χ3n) is 3.35. The molecular formula is C13H16FNO5S. The number of carboxylic acid groups (broad SMARTS) is 1. The molecule has 0 unspecified atom stereocenters. The zero-order valence-corrected chi connectivity index (χ0v) is 12.0. The van der Waals surface area contributed by atoms with E-state index in [9.17, 15) is 22.7 Å². The lowest BCUT2D eigenvalue weighted by Crippen LogP contribution is -2.57. The molecule has 1 aliphatic rings. The molecule has 0 amide bonds. The summed E-state index contributed by atoms with van der Waals surface area (Å²) in [6.45, 7) is 0.351. The van der Waals surface area contributed by atoms with Crippen molar-refractivity contribution in [3.63, 3.8) is 0 Å². The van der Waals surface area contributed by atoms with Gasteiger partial charge in [0.1, 0.15) is 11.4 Å². The van der Waals surface area contributed by atoms with E-state index in [1.807, 2.05) is 0 Å². The zero-order valence-electron chi connectivity index (χ0n) is 11.2. The van der Waals surface area contributed by atoms with Crippen LogP contribution in [0.1, 0.15) is 18.4 Å². The first kappa shape index (κ1) is 15.9. The molecule has 0 radical (unpaired) electrons. The van der Waals surface area contributed by atoms with Crippen LogP contribution in [-0.2, 0) is 25.3 Å². The number of hydrogen-bond acceptors (Lipinski definition) is 4. The second kappa shape index (κ2) is 6.08. The lowest BCUT2D eigenvalue weighted by Gasteiger charge is -2.33. The summed E-state index contributed by atoms with van der Waals surface area (Å²) in [7, 11) is -3.91. The fourth-order valence-electron chi connectivity index (χ4n) is 2.26. The van der Waals surface area contributed by atoms with Crippen LogP contribution >= 0.6 is 0 Å². The highest BCUT2D eigenvalue weighted by Crippen LogP contribution is 2.23. The van der Waals surface area contributed by atoms with Crippen molar-refractivity contribution in [2.75, 3.05) is 13.2 Å². The minimum Gasteiger partial charge on any atom is -0.480 e. The van der Waals surface area contributed by atoms with Crippen molar-refractivity contribution in [3.05, 3.63) is 35.6 Å². The highest BCUT2D eigenvalue weighted by molar-refractivity contribution is 7.88. The maximum absolute atomic E-state index is 13.1. The van der Waals surface area contributed by atoms with Crippen LogP contribution in [0.15, 0.2) is 24.3 Å². The number of ether oxygens (including phenoxy) is 1. The second-order valence-corrected chi connectivity index (χ2v) is 6.71. The fourth-order valence-corrected chi connectivity index (χ4v) is 3.84. The van der Waals surface area contributed by atoms with Gasteiger partial charge in [0.05, 0.1) is 5.75 Å². The van der Waals surface area contributed by atoms with Gasteiger partial charge in [-0.1, -0.05) is 12.1 Å². The molecule has 0 atom stereocenters. The third kappa shape index (κ3) is 3.99. The van der Waals surface area contributed by atoms with Crippen LogP contribution in [0.25, 0.3) is 0 Å². The van der Waals surface area contributed by atoms with Gasteiger partial charge in [0, 0.05) is 26.1 Å². The number of hydrogen-bond donors (Lipinski definition) is 2. The first-order chi connectivity index (χ1) is 9.83. The van der Waals surface area contributed by atoms with Crippen molar-refractivity contribution in [2.24, 2.45) is 0 Å². The average molecular weight is 317 g/mol. The van der Waals surface area contributed by atoms with Gasteiger partial charge in [-0.3, -0.25) is 4.79 Å². The number of aliphatic carboxylic acids is 1. The Morgan fingerprint density at radius 2 is 2.05 bits per heavy atom. The molecule has 21 heavy (non-hydrogen) atoms. The predicted octanol–water partition coefficient (Wildman–Crippen LogP) is 0.879. The van der Waals surface area contributed by atoms with Crippen LogP contribution in [0.5, 0.6) is 0 Å². The molecule has 1 fully saturated rings. The van der Waals surface area contributed by atoms with Crippen LogP contribution in [0, 0.1) is 5.82 Å². The van der Waals surface area contributed by atoms with Gasteiger partial charge in [0.15, 0.2) is 0 Å². The van der Waals surface area contributed by atoms with Crippen molar-refractivity contribution < 1.29 is 27.4 Å². The fraction of sp³-hybridized carbons (Fsp3) is 0.462. The van der Waals surface area contributed by atoms with Crippen LogP contribution in [0.4, 0.5) is 4.39 Å². The number of benzene rings is 1. The van der Waals surface area contributed by atoms with E-state index in [1.54, 1.807) is 0 Å². The molecular weight excluding hydrogens is 301 g/mol. The van der Waals surface area contributed by atoms with Gasteiger partial charge >= 0.3 is 5.97 Å². The molecule has 6 nitrogen and oxygen atoms in total. The molecule has 1 aromatic carbocycles. The van der Waals surface area contributed by atoms with Gasteiger partial charge in [-0.25, -0.2) is 12.8 Å². The lowest BCUT2D eigenvalue weighted by molar-refractivity contribution is -0.147. The summed E-state index contributed by atoms with van der Waals surface area (Å²) < 4.78 is 44.7. The van der Waals surface area contributed by atoms with E-state index in [0.29, 0.717) is 0 Å².